The second-order valence-corrected chi connectivity index (χ2v) is 5.76. The van der Waals surface area contributed by atoms with Gasteiger partial charge >= 0.3 is 0 Å². The zero-order valence-electron chi connectivity index (χ0n) is 9.87. The molecule has 1 aliphatic rings. The van der Waals surface area contributed by atoms with Crippen LogP contribution in [0.25, 0.3) is 0 Å². The Morgan fingerprint density at radius 2 is 1.72 bits per heavy atom. The minimum atomic E-state index is -1.01. The highest BCUT2D eigenvalue weighted by molar-refractivity contribution is 9.10. The summed E-state index contributed by atoms with van der Waals surface area (Å²) in [6.07, 6.45) is 2.93. The van der Waals surface area contributed by atoms with Crippen molar-refractivity contribution < 1.29 is 13.9 Å². The smallest absolute Gasteiger partial charge is 0.132 e. The Bertz CT molecular complexity index is 412. The van der Waals surface area contributed by atoms with Crippen LogP contribution in [0.15, 0.2) is 16.6 Å². The topological polar surface area (TPSA) is 46.2 Å². The first kappa shape index (κ1) is 13.9. The Morgan fingerprint density at radius 3 is 2.22 bits per heavy atom. The summed E-state index contributed by atoms with van der Waals surface area (Å²) in [5.41, 5.74) is 5.60. The number of nitrogens with two attached hydrogens (primary N) is 1. The lowest BCUT2D eigenvalue weighted by Crippen LogP contribution is -2.33. The van der Waals surface area contributed by atoms with E-state index < -0.39 is 23.8 Å². The van der Waals surface area contributed by atoms with Crippen LogP contribution < -0.4 is 5.73 Å². The van der Waals surface area contributed by atoms with Crippen molar-refractivity contribution in [1.29, 1.82) is 0 Å². The highest BCUT2D eigenvalue weighted by atomic mass is 79.9. The van der Waals surface area contributed by atoms with Gasteiger partial charge in [-0.05, 0) is 30.9 Å². The Morgan fingerprint density at radius 1 is 1.22 bits per heavy atom. The van der Waals surface area contributed by atoms with E-state index in [4.69, 9.17) is 5.73 Å². The van der Waals surface area contributed by atoms with Crippen molar-refractivity contribution in [2.45, 2.75) is 37.8 Å². The second kappa shape index (κ2) is 5.63. The van der Waals surface area contributed by atoms with Gasteiger partial charge in [0, 0.05) is 10.0 Å². The number of rotatable bonds is 3. The molecule has 1 aromatic rings. The van der Waals surface area contributed by atoms with Crippen molar-refractivity contribution in [1.82, 2.24) is 0 Å². The third-order valence-corrected chi connectivity index (χ3v) is 4.09. The normalized spacial score (nSPS) is 20.1. The van der Waals surface area contributed by atoms with E-state index in [-0.39, 0.29) is 11.5 Å². The molecule has 0 spiro atoms. The van der Waals surface area contributed by atoms with Crippen LogP contribution in [0.5, 0.6) is 0 Å². The molecule has 1 fully saturated rings. The summed E-state index contributed by atoms with van der Waals surface area (Å²) in [7, 11) is 0. The van der Waals surface area contributed by atoms with Crippen LogP contribution in [0.3, 0.4) is 0 Å². The molecule has 5 heteroatoms. The van der Waals surface area contributed by atoms with Crippen LogP contribution in [0, 0.1) is 17.6 Å². The number of halogens is 3. The SMILES string of the molecule is N[C@H](c1c(F)cc(Br)cc1F)[C@@H](O)C1CCCC1. The molecule has 1 aromatic carbocycles. The molecule has 18 heavy (non-hydrogen) atoms. The van der Waals surface area contributed by atoms with Gasteiger partial charge < -0.3 is 10.8 Å². The minimum Gasteiger partial charge on any atom is -0.391 e. The molecule has 3 N–H and O–H groups in total. The summed E-state index contributed by atoms with van der Waals surface area (Å²) in [4.78, 5) is 0. The largest absolute Gasteiger partial charge is 0.391 e. The molecule has 0 saturated heterocycles. The summed E-state index contributed by atoms with van der Waals surface area (Å²) in [5.74, 6) is -1.39. The first-order valence-electron chi connectivity index (χ1n) is 6.09. The molecule has 0 aliphatic heterocycles. The summed E-state index contributed by atoms with van der Waals surface area (Å²) >= 11 is 3.02. The predicted molar refractivity (Wildman–Crippen MR) is 69.0 cm³/mol. The molecular weight excluding hydrogens is 304 g/mol. The zero-order chi connectivity index (χ0) is 13.3. The molecule has 100 valence electrons. The molecule has 2 rings (SSSR count). The van der Waals surface area contributed by atoms with Gasteiger partial charge in [0.1, 0.15) is 11.6 Å². The van der Waals surface area contributed by atoms with Crippen LogP contribution in [0.1, 0.15) is 37.3 Å². The summed E-state index contributed by atoms with van der Waals surface area (Å²) in [5, 5.41) is 10.1. The monoisotopic (exact) mass is 319 g/mol. The van der Waals surface area contributed by atoms with Gasteiger partial charge in [-0.1, -0.05) is 28.8 Å². The third kappa shape index (κ3) is 2.73. The molecule has 0 unspecified atom stereocenters. The van der Waals surface area contributed by atoms with E-state index in [1.54, 1.807) is 0 Å². The Kier molecular flexibility index (Phi) is 4.35. The summed E-state index contributed by atoms with van der Waals surface area (Å²) < 4.78 is 27.8. The van der Waals surface area contributed by atoms with E-state index in [0.717, 1.165) is 25.7 Å². The first-order valence-corrected chi connectivity index (χ1v) is 6.88. The highest BCUT2D eigenvalue weighted by Crippen LogP contribution is 2.34. The fraction of sp³-hybridized carbons (Fsp3) is 0.538. The summed E-state index contributed by atoms with van der Waals surface area (Å²) in [6.45, 7) is 0. The summed E-state index contributed by atoms with van der Waals surface area (Å²) in [6, 6.07) is 1.32. The van der Waals surface area contributed by atoms with Gasteiger partial charge in [-0.2, -0.15) is 0 Å². The van der Waals surface area contributed by atoms with Crippen molar-refractivity contribution in [2.75, 3.05) is 0 Å². The van der Waals surface area contributed by atoms with Gasteiger partial charge in [0.25, 0.3) is 0 Å². The number of hydrogen-bond donors (Lipinski definition) is 2. The molecule has 0 aromatic heterocycles. The van der Waals surface area contributed by atoms with E-state index >= 15 is 0 Å². The van der Waals surface area contributed by atoms with E-state index in [0.29, 0.717) is 4.47 Å². The predicted octanol–water partition coefficient (Wildman–Crippen LogP) is 3.28. The standard InChI is InChI=1S/C13H16BrF2NO/c14-8-5-9(15)11(10(16)6-8)12(17)13(18)7-3-1-2-4-7/h5-7,12-13,18H,1-4,17H2/t12-,13+/m1/s1. The lowest BCUT2D eigenvalue weighted by Gasteiger charge is -2.25. The minimum absolute atomic E-state index is 0.0439. The Labute approximate surface area is 113 Å². The maximum Gasteiger partial charge on any atom is 0.132 e. The Balaban J connectivity index is 2.24. The third-order valence-electron chi connectivity index (χ3n) is 3.63. The molecule has 0 radical (unpaired) electrons. The quantitative estimate of drug-likeness (QED) is 0.898. The van der Waals surface area contributed by atoms with Crippen LogP contribution >= 0.6 is 15.9 Å². The molecule has 2 atom stereocenters. The van der Waals surface area contributed by atoms with Crippen molar-refractivity contribution in [3.63, 3.8) is 0 Å². The van der Waals surface area contributed by atoms with Gasteiger partial charge in [0.2, 0.25) is 0 Å². The van der Waals surface area contributed by atoms with E-state index in [1.807, 2.05) is 0 Å². The highest BCUT2D eigenvalue weighted by Gasteiger charge is 2.31. The number of hydrogen-bond acceptors (Lipinski definition) is 2. The number of benzene rings is 1. The van der Waals surface area contributed by atoms with Crippen molar-refractivity contribution >= 4 is 15.9 Å². The van der Waals surface area contributed by atoms with Crippen molar-refractivity contribution in [2.24, 2.45) is 11.7 Å². The van der Waals surface area contributed by atoms with Crippen molar-refractivity contribution in [3.05, 3.63) is 33.8 Å². The van der Waals surface area contributed by atoms with Gasteiger partial charge in [-0.15, -0.1) is 0 Å². The van der Waals surface area contributed by atoms with Crippen LogP contribution in [0.4, 0.5) is 8.78 Å². The van der Waals surface area contributed by atoms with Crippen LogP contribution in [0.2, 0.25) is 0 Å². The van der Waals surface area contributed by atoms with Gasteiger partial charge in [-0.25, -0.2) is 8.78 Å². The van der Waals surface area contributed by atoms with Gasteiger partial charge in [0.15, 0.2) is 0 Å². The molecule has 0 heterocycles. The fourth-order valence-electron chi connectivity index (χ4n) is 2.63. The van der Waals surface area contributed by atoms with E-state index in [2.05, 4.69) is 15.9 Å². The van der Waals surface area contributed by atoms with Gasteiger partial charge in [-0.3, -0.25) is 0 Å². The first-order chi connectivity index (χ1) is 8.50. The number of aliphatic hydroxyl groups excluding tert-OH is 1. The maximum absolute atomic E-state index is 13.7. The average molecular weight is 320 g/mol. The lowest BCUT2D eigenvalue weighted by molar-refractivity contribution is 0.0819. The molecule has 2 nitrogen and oxygen atoms in total. The average Bonchev–Trinajstić information content (AvgIpc) is 2.79. The maximum atomic E-state index is 13.7. The van der Waals surface area contributed by atoms with Crippen molar-refractivity contribution in [3.8, 4) is 0 Å². The fourth-order valence-corrected chi connectivity index (χ4v) is 3.04. The molecule has 1 saturated carbocycles. The second-order valence-electron chi connectivity index (χ2n) is 4.84. The van der Waals surface area contributed by atoms with Crippen LogP contribution in [-0.2, 0) is 0 Å². The molecular formula is C13H16BrF2NO. The Hall–Kier alpha value is -0.520. The van der Waals surface area contributed by atoms with E-state index in [1.165, 1.54) is 12.1 Å². The van der Waals surface area contributed by atoms with E-state index in [9.17, 15) is 13.9 Å². The zero-order valence-corrected chi connectivity index (χ0v) is 11.5. The molecule has 0 amide bonds. The van der Waals surface area contributed by atoms with Gasteiger partial charge in [0.05, 0.1) is 12.1 Å². The number of aliphatic hydroxyl groups is 1. The molecule has 1 aliphatic carbocycles. The lowest BCUT2D eigenvalue weighted by atomic mass is 9.90. The molecule has 0 bridgehead atoms. The van der Waals surface area contributed by atoms with Crippen LogP contribution in [-0.4, -0.2) is 11.2 Å².